The van der Waals surface area contributed by atoms with Crippen molar-refractivity contribution in [2.45, 2.75) is 6.42 Å². The van der Waals surface area contributed by atoms with Crippen LogP contribution in [0.25, 0.3) is 11.1 Å². The highest BCUT2D eigenvalue weighted by Gasteiger charge is 2.13. The Balaban J connectivity index is 1.39. The molecule has 170 valence electrons. The van der Waals surface area contributed by atoms with Crippen LogP contribution in [-0.2, 0) is 6.42 Å². The van der Waals surface area contributed by atoms with Crippen molar-refractivity contribution in [3.63, 3.8) is 0 Å². The van der Waals surface area contributed by atoms with E-state index < -0.39 is 5.97 Å². The molecule has 1 amide bonds. The molecule has 0 unspecified atom stereocenters. The molecule has 0 aliphatic rings. The average molecular weight is 473 g/mol. The van der Waals surface area contributed by atoms with E-state index in [0.29, 0.717) is 29.0 Å². The molecular weight excluding hydrogens is 452 g/mol. The van der Waals surface area contributed by atoms with Crippen LogP contribution in [0.4, 0.5) is 5.69 Å². The highest BCUT2D eigenvalue weighted by molar-refractivity contribution is 6.32. The molecule has 6 nitrogen and oxygen atoms in total. The van der Waals surface area contributed by atoms with Crippen molar-refractivity contribution in [3.8, 4) is 16.9 Å². The first-order chi connectivity index (χ1) is 16.5. The lowest BCUT2D eigenvalue weighted by Gasteiger charge is -2.10. The monoisotopic (exact) mass is 472 g/mol. The van der Waals surface area contributed by atoms with Gasteiger partial charge >= 0.3 is 5.97 Å². The fourth-order valence-corrected chi connectivity index (χ4v) is 3.55. The highest BCUT2D eigenvalue weighted by Crippen LogP contribution is 2.25. The van der Waals surface area contributed by atoms with Crippen LogP contribution >= 0.6 is 11.6 Å². The third-order valence-electron chi connectivity index (χ3n) is 5.14. The number of nitrogens with one attached hydrogen (secondary N) is 1. The molecule has 0 radical (unpaired) electrons. The number of halogens is 1. The first kappa shape index (κ1) is 23.0. The van der Waals surface area contributed by atoms with Crippen molar-refractivity contribution in [2.24, 2.45) is 0 Å². The van der Waals surface area contributed by atoms with Gasteiger partial charge in [-0.1, -0.05) is 54.1 Å². The maximum Gasteiger partial charge on any atom is 0.338 e. The lowest BCUT2D eigenvalue weighted by molar-refractivity contribution is 0.0696. The maximum atomic E-state index is 12.8. The summed E-state index contributed by atoms with van der Waals surface area (Å²) in [5.74, 6) is -0.735. The second-order valence-corrected chi connectivity index (χ2v) is 7.87. The molecule has 4 rings (SSSR count). The standard InChI is InChI=1S/C27H21ClN2O4/c28-25-24(27(32)33)16-21(17-29-25)19-7-4-8-20(15-19)26(31)30-22-9-11-23(12-10-22)34-14-13-18-5-2-1-3-6-18/h1-12,15-17H,13-14H2,(H,30,31)(H,32,33). The van der Waals surface area contributed by atoms with E-state index >= 15 is 0 Å². The summed E-state index contributed by atoms with van der Waals surface area (Å²) in [5.41, 5.74) is 3.37. The van der Waals surface area contributed by atoms with Gasteiger partial charge in [-0.05, 0) is 53.6 Å². The predicted octanol–water partition coefficient (Wildman–Crippen LogP) is 5.97. The van der Waals surface area contributed by atoms with Crippen molar-refractivity contribution < 1.29 is 19.4 Å². The third kappa shape index (κ3) is 5.79. The molecule has 0 saturated carbocycles. The first-order valence-electron chi connectivity index (χ1n) is 10.6. The lowest BCUT2D eigenvalue weighted by Crippen LogP contribution is -2.12. The number of aromatic nitrogens is 1. The zero-order chi connectivity index (χ0) is 23.9. The molecule has 1 aromatic heterocycles. The molecule has 4 aromatic rings. The van der Waals surface area contributed by atoms with Gasteiger partial charge in [0, 0.05) is 29.4 Å². The summed E-state index contributed by atoms with van der Waals surface area (Å²) < 4.78 is 5.78. The average Bonchev–Trinajstić information content (AvgIpc) is 2.86. The molecule has 34 heavy (non-hydrogen) atoms. The summed E-state index contributed by atoms with van der Waals surface area (Å²) in [6.45, 7) is 0.561. The van der Waals surface area contributed by atoms with E-state index in [0.717, 1.165) is 12.2 Å². The fraction of sp³-hybridized carbons (Fsp3) is 0.0741. The van der Waals surface area contributed by atoms with E-state index in [1.165, 1.54) is 17.8 Å². The van der Waals surface area contributed by atoms with Crippen molar-refractivity contribution >= 4 is 29.2 Å². The van der Waals surface area contributed by atoms with Crippen LogP contribution in [-0.4, -0.2) is 28.6 Å². The summed E-state index contributed by atoms with van der Waals surface area (Å²) in [6, 6.07) is 25.6. The summed E-state index contributed by atoms with van der Waals surface area (Å²) in [4.78, 5) is 28.0. The summed E-state index contributed by atoms with van der Waals surface area (Å²) in [7, 11) is 0. The van der Waals surface area contributed by atoms with Crippen molar-refractivity contribution in [3.05, 3.63) is 113 Å². The summed E-state index contributed by atoms with van der Waals surface area (Å²) in [5, 5.41) is 12.0. The van der Waals surface area contributed by atoms with Gasteiger partial charge in [-0.15, -0.1) is 0 Å². The third-order valence-corrected chi connectivity index (χ3v) is 5.44. The molecule has 7 heteroatoms. The number of carboxylic acids is 1. The Labute approximate surface area is 201 Å². The van der Waals surface area contributed by atoms with Gasteiger partial charge < -0.3 is 15.2 Å². The van der Waals surface area contributed by atoms with Crippen LogP contribution in [0.5, 0.6) is 5.75 Å². The quantitative estimate of drug-likeness (QED) is 0.308. The number of ether oxygens (including phenoxy) is 1. The van der Waals surface area contributed by atoms with Gasteiger partial charge in [-0.2, -0.15) is 0 Å². The van der Waals surface area contributed by atoms with Gasteiger partial charge in [0.2, 0.25) is 0 Å². The molecule has 3 aromatic carbocycles. The number of hydrogen-bond acceptors (Lipinski definition) is 4. The van der Waals surface area contributed by atoms with E-state index in [1.54, 1.807) is 36.4 Å². The second kappa shape index (κ2) is 10.6. The molecule has 0 aliphatic carbocycles. The molecule has 0 bridgehead atoms. The van der Waals surface area contributed by atoms with Gasteiger partial charge in [0.25, 0.3) is 5.91 Å². The molecule has 0 atom stereocenters. The SMILES string of the molecule is O=C(Nc1ccc(OCCc2ccccc2)cc1)c1cccc(-c2cnc(Cl)c(C(=O)O)c2)c1. The molecule has 0 fully saturated rings. The minimum atomic E-state index is -1.17. The Morgan fingerprint density at radius 3 is 2.41 bits per heavy atom. The molecular formula is C27H21ClN2O4. The van der Waals surface area contributed by atoms with E-state index in [9.17, 15) is 14.7 Å². The molecule has 0 aliphatic heterocycles. The van der Waals surface area contributed by atoms with Crippen LogP contribution in [0.15, 0.2) is 91.1 Å². The Morgan fingerprint density at radius 1 is 0.912 bits per heavy atom. The minimum Gasteiger partial charge on any atom is -0.493 e. The van der Waals surface area contributed by atoms with E-state index in [4.69, 9.17) is 16.3 Å². The Kier molecular flexibility index (Phi) is 7.20. The van der Waals surface area contributed by atoms with E-state index in [1.807, 2.05) is 30.3 Å². The van der Waals surface area contributed by atoms with Crippen molar-refractivity contribution in [2.75, 3.05) is 11.9 Å². The molecule has 0 spiro atoms. The number of hydrogen-bond donors (Lipinski definition) is 2. The normalized spacial score (nSPS) is 10.5. The van der Waals surface area contributed by atoms with Gasteiger partial charge in [-0.25, -0.2) is 9.78 Å². The number of carbonyl (C=O) groups excluding carboxylic acids is 1. The fourth-order valence-electron chi connectivity index (χ4n) is 3.37. The largest absolute Gasteiger partial charge is 0.493 e. The first-order valence-corrected chi connectivity index (χ1v) is 10.9. The predicted molar refractivity (Wildman–Crippen MR) is 132 cm³/mol. The van der Waals surface area contributed by atoms with Crippen LogP contribution in [0.1, 0.15) is 26.3 Å². The number of amides is 1. The topological polar surface area (TPSA) is 88.5 Å². The number of benzene rings is 3. The number of carbonyl (C=O) groups is 2. The van der Waals surface area contributed by atoms with Gasteiger partial charge in [0.05, 0.1) is 12.2 Å². The number of anilines is 1. The Morgan fingerprint density at radius 2 is 1.68 bits per heavy atom. The van der Waals surface area contributed by atoms with Gasteiger partial charge in [0.15, 0.2) is 0 Å². The maximum absolute atomic E-state index is 12.8. The van der Waals surface area contributed by atoms with E-state index in [2.05, 4.69) is 22.4 Å². The zero-order valence-corrected chi connectivity index (χ0v) is 18.8. The van der Waals surface area contributed by atoms with E-state index in [-0.39, 0.29) is 16.6 Å². The smallest absolute Gasteiger partial charge is 0.338 e. The van der Waals surface area contributed by atoms with Crippen LogP contribution in [0, 0.1) is 0 Å². The number of nitrogens with zero attached hydrogens (tertiary/aromatic N) is 1. The molecule has 1 heterocycles. The van der Waals surface area contributed by atoms with Crippen molar-refractivity contribution in [1.82, 2.24) is 4.98 Å². The van der Waals surface area contributed by atoms with Crippen molar-refractivity contribution in [1.29, 1.82) is 0 Å². The number of carboxylic acid groups (broad SMARTS) is 1. The summed E-state index contributed by atoms with van der Waals surface area (Å²) >= 11 is 5.85. The molecule has 0 saturated heterocycles. The number of rotatable bonds is 8. The molecule has 2 N–H and O–H groups in total. The van der Waals surface area contributed by atoms with Gasteiger partial charge in [0.1, 0.15) is 10.9 Å². The summed E-state index contributed by atoms with van der Waals surface area (Å²) in [6.07, 6.45) is 2.29. The Bertz CT molecular complexity index is 1310. The highest BCUT2D eigenvalue weighted by atomic mass is 35.5. The second-order valence-electron chi connectivity index (χ2n) is 7.51. The van der Waals surface area contributed by atoms with Crippen LogP contribution in [0.2, 0.25) is 5.15 Å². The van der Waals surface area contributed by atoms with Gasteiger partial charge in [-0.3, -0.25) is 4.79 Å². The zero-order valence-electron chi connectivity index (χ0n) is 18.1. The lowest BCUT2D eigenvalue weighted by atomic mass is 10.0. The number of aromatic carboxylic acids is 1. The van der Waals surface area contributed by atoms with Crippen LogP contribution in [0.3, 0.4) is 0 Å². The number of pyridine rings is 1. The Hall–Kier alpha value is -4.16. The minimum absolute atomic E-state index is 0.0855. The van der Waals surface area contributed by atoms with Crippen LogP contribution < -0.4 is 10.1 Å².